The first kappa shape index (κ1) is 13.2. The van der Waals surface area contributed by atoms with Crippen molar-refractivity contribution in [1.82, 2.24) is 0 Å². The minimum Gasteiger partial charge on any atom is -0.459 e. The Morgan fingerprint density at radius 1 is 1.35 bits per heavy atom. The lowest BCUT2D eigenvalue weighted by Gasteiger charge is -2.08. The third-order valence-corrected chi connectivity index (χ3v) is 2.27. The largest absolute Gasteiger partial charge is 0.459 e. The van der Waals surface area contributed by atoms with Gasteiger partial charge in [0.25, 0.3) is 0 Å². The van der Waals surface area contributed by atoms with Crippen LogP contribution < -0.4 is 5.32 Å². The summed E-state index contributed by atoms with van der Waals surface area (Å²) in [4.78, 5) is 22.5. The second-order valence-electron chi connectivity index (χ2n) is 3.95. The first-order valence-corrected chi connectivity index (χ1v) is 5.62. The van der Waals surface area contributed by atoms with Crippen molar-refractivity contribution in [2.45, 2.75) is 26.7 Å². The molecule has 0 heterocycles. The molecule has 4 nitrogen and oxygen atoms in total. The molecule has 17 heavy (non-hydrogen) atoms. The number of benzene rings is 1. The van der Waals surface area contributed by atoms with Crippen LogP contribution in [0.25, 0.3) is 0 Å². The van der Waals surface area contributed by atoms with Crippen LogP contribution >= 0.6 is 0 Å². The number of rotatable bonds is 3. The molecule has 4 heteroatoms. The number of nitrogens with one attached hydrogen (secondary N) is 1. The van der Waals surface area contributed by atoms with Gasteiger partial charge in [0.05, 0.1) is 6.61 Å². The fourth-order valence-corrected chi connectivity index (χ4v) is 1.35. The van der Waals surface area contributed by atoms with Gasteiger partial charge in [-0.2, -0.15) is 0 Å². The van der Waals surface area contributed by atoms with Gasteiger partial charge in [-0.3, -0.25) is 4.79 Å². The number of anilines is 1. The average molecular weight is 235 g/mol. The fraction of sp³-hybridized carbons (Fsp3) is 0.385. The Labute approximate surface area is 101 Å². The topological polar surface area (TPSA) is 55.4 Å². The molecule has 0 unspecified atom stereocenters. The average Bonchev–Trinajstić information content (AvgIpc) is 2.29. The molecule has 0 fully saturated rings. The summed E-state index contributed by atoms with van der Waals surface area (Å²) in [5, 5.41) is 2.51. The lowest BCUT2D eigenvalue weighted by molar-refractivity contribution is -0.152. The van der Waals surface area contributed by atoms with Gasteiger partial charge in [-0.15, -0.1) is 0 Å². The summed E-state index contributed by atoms with van der Waals surface area (Å²) >= 11 is 0. The molecule has 0 radical (unpaired) electrons. The second-order valence-corrected chi connectivity index (χ2v) is 3.95. The zero-order valence-electron chi connectivity index (χ0n) is 10.3. The predicted octanol–water partition coefficient (Wildman–Crippen LogP) is 2.31. The summed E-state index contributed by atoms with van der Waals surface area (Å²) in [6.45, 7) is 5.97. The highest BCUT2D eigenvalue weighted by Crippen LogP contribution is 2.18. The van der Waals surface area contributed by atoms with Crippen molar-refractivity contribution in [3.05, 3.63) is 29.8 Å². The molecule has 0 aliphatic carbocycles. The maximum Gasteiger partial charge on any atom is 0.397 e. The molecule has 1 N–H and O–H groups in total. The molecule has 0 spiro atoms. The van der Waals surface area contributed by atoms with E-state index >= 15 is 0 Å². The Morgan fingerprint density at radius 3 is 2.65 bits per heavy atom. The highest BCUT2D eigenvalue weighted by molar-refractivity contribution is 6.37. The van der Waals surface area contributed by atoms with E-state index < -0.39 is 11.9 Å². The summed E-state index contributed by atoms with van der Waals surface area (Å²) in [6, 6.07) is 7.41. The molecule has 0 saturated carbocycles. The SMILES string of the molecule is CCOC(=O)C(=O)Nc1cccc(C(C)C)c1. The number of hydrogen-bond donors (Lipinski definition) is 1. The van der Waals surface area contributed by atoms with Crippen molar-refractivity contribution in [2.75, 3.05) is 11.9 Å². The lowest BCUT2D eigenvalue weighted by Crippen LogP contribution is -2.25. The molecule has 0 bridgehead atoms. The van der Waals surface area contributed by atoms with E-state index in [9.17, 15) is 9.59 Å². The van der Waals surface area contributed by atoms with Crippen molar-refractivity contribution in [1.29, 1.82) is 0 Å². The molecule has 92 valence electrons. The van der Waals surface area contributed by atoms with Gasteiger partial charge in [0.15, 0.2) is 0 Å². The van der Waals surface area contributed by atoms with E-state index in [4.69, 9.17) is 0 Å². The van der Waals surface area contributed by atoms with Crippen LogP contribution in [-0.2, 0) is 14.3 Å². The van der Waals surface area contributed by atoms with Crippen LogP contribution in [0.2, 0.25) is 0 Å². The van der Waals surface area contributed by atoms with Gasteiger partial charge in [-0.25, -0.2) is 4.79 Å². The van der Waals surface area contributed by atoms with E-state index in [1.165, 1.54) is 0 Å². The van der Waals surface area contributed by atoms with Gasteiger partial charge in [0.1, 0.15) is 0 Å². The Hall–Kier alpha value is -1.84. The van der Waals surface area contributed by atoms with Crippen LogP contribution in [0.5, 0.6) is 0 Å². The Morgan fingerprint density at radius 2 is 2.06 bits per heavy atom. The van der Waals surface area contributed by atoms with Crippen molar-refractivity contribution in [3.8, 4) is 0 Å². The summed E-state index contributed by atoms with van der Waals surface area (Å²) < 4.78 is 4.60. The zero-order chi connectivity index (χ0) is 12.8. The van der Waals surface area contributed by atoms with Crippen LogP contribution in [0.1, 0.15) is 32.3 Å². The van der Waals surface area contributed by atoms with Crippen molar-refractivity contribution < 1.29 is 14.3 Å². The summed E-state index contributed by atoms with van der Waals surface area (Å²) in [7, 11) is 0. The third kappa shape index (κ3) is 3.90. The van der Waals surface area contributed by atoms with E-state index in [0.29, 0.717) is 11.6 Å². The van der Waals surface area contributed by atoms with E-state index in [0.717, 1.165) is 5.56 Å². The quantitative estimate of drug-likeness (QED) is 0.646. The summed E-state index contributed by atoms with van der Waals surface area (Å²) in [5.41, 5.74) is 1.71. The number of esters is 1. The predicted molar refractivity (Wildman–Crippen MR) is 65.8 cm³/mol. The molecular weight excluding hydrogens is 218 g/mol. The highest BCUT2D eigenvalue weighted by atomic mass is 16.5. The molecule has 1 aromatic rings. The number of amides is 1. The van der Waals surface area contributed by atoms with Gasteiger partial charge < -0.3 is 10.1 Å². The van der Waals surface area contributed by atoms with Gasteiger partial charge in [0, 0.05) is 5.69 Å². The number of hydrogen-bond acceptors (Lipinski definition) is 3. The molecule has 0 atom stereocenters. The monoisotopic (exact) mass is 235 g/mol. The van der Waals surface area contributed by atoms with Crippen LogP contribution in [0.3, 0.4) is 0 Å². The molecule has 0 saturated heterocycles. The third-order valence-electron chi connectivity index (χ3n) is 2.27. The van der Waals surface area contributed by atoms with E-state index in [-0.39, 0.29) is 6.61 Å². The molecule has 1 amide bonds. The number of carbonyl (C=O) groups is 2. The van der Waals surface area contributed by atoms with E-state index in [1.807, 2.05) is 18.2 Å². The summed E-state index contributed by atoms with van der Waals surface area (Å²) in [5.74, 6) is -1.23. The Bertz CT molecular complexity index is 413. The molecule has 0 aromatic heterocycles. The van der Waals surface area contributed by atoms with Crippen molar-refractivity contribution >= 4 is 17.6 Å². The molecule has 0 aliphatic rings. The van der Waals surface area contributed by atoms with Crippen LogP contribution in [0, 0.1) is 0 Å². The fourth-order valence-electron chi connectivity index (χ4n) is 1.35. The van der Waals surface area contributed by atoms with Gasteiger partial charge >= 0.3 is 11.9 Å². The first-order valence-electron chi connectivity index (χ1n) is 5.62. The Balaban J connectivity index is 2.71. The normalized spacial score (nSPS) is 10.1. The minimum atomic E-state index is -0.859. The van der Waals surface area contributed by atoms with Crippen molar-refractivity contribution in [3.63, 3.8) is 0 Å². The van der Waals surface area contributed by atoms with Gasteiger partial charge in [0.2, 0.25) is 0 Å². The van der Waals surface area contributed by atoms with Crippen LogP contribution in [0.15, 0.2) is 24.3 Å². The van der Waals surface area contributed by atoms with E-state index in [1.54, 1.807) is 13.0 Å². The second kappa shape index (κ2) is 6.03. The van der Waals surface area contributed by atoms with E-state index in [2.05, 4.69) is 23.9 Å². The zero-order valence-corrected chi connectivity index (χ0v) is 10.3. The standard InChI is InChI=1S/C13H17NO3/c1-4-17-13(16)12(15)14-11-7-5-6-10(8-11)9(2)3/h5-9H,4H2,1-3H3,(H,14,15). The highest BCUT2D eigenvalue weighted by Gasteiger charge is 2.14. The van der Waals surface area contributed by atoms with Gasteiger partial charge in [-0.1, -0.05) is 26.0 Å². The maximum absolute atomic E-state index is 11.4. The smallest absolute Gasteiger partial charge is 0.397 e. The number of ether oxygens (including phenoxy) is 1. The molecule has 1 rings (SSSR count). The number of carbonyl (C=O) groups excluding carboxylic acids is 2. The maximum atomic E-state index is 11.4. The lowest BCUT2D eigenvalue weighted by atomic mass is 10.0. The van der Waals surface area contributed by atoms with Crippen LogP contribution in [0.4, 0.5) is 5.69 Å². The first-order chi connectivity index (χ1) is 8.04. The molecule has 0 aliphatic heterocycles. The van der Waals surface area contributed by atoms with Crippen LogP contribution in [-0.4, -0.2) is 18.5 Å². The molecular formula is C13H17NO3. The van der Waals surface area contributed by atoms with Gasteiger partial charge in [-0.05, 0) is 30.5 Å². The molecule has 1 aromatic carbocycles. The Kier molecular flexibility index (Phi) is 4.69. The summed E-state index contributed by atoms with van der Waals surface area (Å²) in [6.07, 6.45) is 0. The van der Waals surface area contributed by atoms with Crippen molar-refractivity contribution in [2.24, 2.45) is 0 Å². The minimum absolute atomic E-state index is 0.193.